The van der Waals surface area contributed by atoms with Crippen LogP contribution in [-0.2, 0) is 0 Å². The molecule has 0 saturated heterocycles. The minimum absolute atomic E-state index is 1.04. The van der Waals surface area contributed by atoms with Crippen LogP contribution in [0.3, 0.4) is 0 Å². The van der Waals surface area contributed by atoms with Crippen molar-refractivity contribution < 1.29 is 0 Å². The first kappa shape index (κ1) is 38.3. The third-order valence-electron chi connectivity index (χ3n) is 11.9. The molecule has 1 aromatic heterocycles. The molecule has 11 aromatic rings. The van der Waals surface area contributed by atoms with Crippen LogP contribution in [0, 0.1) is 0 Å². The zero-order valence-electron chi connectivity index (χ0n) is 35.2. The molecule has 0 unspecified atom stereocenters. The number of rotatable bonds is 11. The van der Waals surface area contributed by atoms with Gasteiger partial charge in [0.15, 0.2) is 0 Å². The van der Waals surface area contributed by atoms with E-state index in [9.17, 15) is 0 Å². The van der Waals surface area contributed by atoms with E-state index in [-0.39, 0.29) is 0 Å². The van der Waals surface area contributed by atoms with Gasteiger partial charge in [-0.05, 0) is 132 Å². The van der Waals surface area contributed by atoms with Crippen LogP contribution < -0.4 is 14.7 Å². The van der Waals surface area contributed by atoms with Crippen molar-refractivity contribution in [2.24, 2.45) is 0 Å². The lowest BCUT2D eigenvalue weighted by atomic mass is 10.0. The van der Waals surface area contributed by atoms with Crippen LogP contribution in [0.15, 0.2) is 267 Å². The molecule has 4 heteroatoms. The summed E-state index contributed by atoms with van der Waals surface area (Å²) in [6.45, 7) is 0. The molecule has 0 spiro atoms. The molecular weight excluding hydrogens is 777 g/mol. The molecule has 10 aromatic carbocycles. The van der Waals surface area contributed by atoms with Gasteiger partial charge in [0, 0.05) is 67.6 Å². The molecule has 0 aliphatic carbocycles. The molecule has 304 valence electrons. The van der Waals surface area contributed by atoms with Gasteiger partial charge in [-0.15, -0.1) is 0 Å². The van der Waals surface area contributed by atoms with Gasteiger partial charge in [0.2, 0.25) is 0 Å². The Morgan fingerprint density at radius 3 is 1.05 bits per heavy atom. The van der Waals surface area contributed by atoms with Crippen LogP contribution in [-0.4, -0.2) is 4.57 Å². The fraction of sp³-hybridized carbons (Fsp3) is 0. The normalized spacial score (nSPS) is 11.1. The Morgan fingerprint density at radius 1 is 0.219 bits per heavy atom. The third kappa shape index (κ3) is 7.33. The number of aromatic nitrogens is 1. The number of nitrogens with zero attached hydrogens (tertiary/aromatic N) is 4. The molecule has 0 aliphatic heterocycles. The SMILES string of the molecule is c1ccc(N(c2ccccc2)c2cccc(N(c3cccc(-c4ccc5c6ccccc6n(-c6ccccc6)c5c4)c3)c3cccc(N(c4ccccc4)c4ccccc4)c3)c2)cc1. The fourth-order valence-electron chi connectivity index (χ4n) is 9.02. The van der Waals surface area contributed by atoms with Gasteiger partial charge in [-0.1, -0.05) is 146 Å². The van der Waals surface area contributed by atoms with Crippen molar-refractivity contribution in [3.63, 3.8) is 0 Å². The molecule has 11 rings (SSSR count). The van der Waals surface area contributed by atoms with Gasteiger partial charge in [-0.3, -0.25) is 0 Å². The Morgan fingerprint density at radius 2 is 0.562 bits per heavy atom. The van der Waals surface area contributed by atoms with Crippen molar-refractivity contribution in [1.29, 1.82) is 0 Å². The summed E-state index contributed by atoms with van der Waals surface area (Å²) in [6.07, 6.45) is 0. The molecule has 0 bridgehead atoms. The van der Waals surface area contributed by atoms with Crippen molar-refractivity contribution in [3.8, 4) is 16.8 Å². The lowest BCUT2D eigenvalue weighted by Gasteiger charge is -2.31. The van der Waals surface area contributed by atoms with Crippen LogP contribution in [0.5, 0.6) is 0 Å². The fourth-order valence-corrected chi connectivity index (χ4v) is 9.02. The van der Waals surface area contributed by atoms with Crippen LogP contribution in [0.1, 0.15) is 0 Å². The van der Waals surface area contributed by atoms with Crippen molar-refractivity contribution in [2.45, 2.75) is 0 Å². The number of anilines is 9. The second-order valence-electron chi connectivity index (χ2n) is 15.9. The van der Waals surface area contributed by atoms with E-state index < -0.39 is 0 Å². The summed E-state index contributed by atoms with van der Waals surface area (Å²) < 4.78 is 2.39. The maximum Gasteiger partial charge on any atom is 0.0547 e. The van der Waals surface area contributed by atoms with Crippen LogP contribution >= 0.6 is 0 Å². The minimum Gasteiger partial charge on any atom is -0.310 e. The summed E-state index contributed by atoms with van der Waals surface area (Å²) >= 11 is 0. The lowest BCUT2D eigenvalue weighted by Crippen LogP contribution is -2.14. The highest BCUT2D eigenvalue weighted by Crippen LogP contribution is 2.44. The predicted molar refractivity (Wildman–Crippen MR) is 270 cm³/mol. The van der Waals surface area contributed by atoms with Crippen LogP contribution in [0.4, 0.5) is 51.2 Å². The van der Waals surface area contributed by atoms with E-state index in [1.165, 1.54) is 21.8 Å². The summed E-state index contributed by atoms with van der Waals surface area (Å²) in [5.74, 6) is 0. The van der Waals surface area contributed by atoms with Crippen molar-refractivity contribution in [1.82, 2.24) is 4.57 Å². The molecule has 0 aliphatic rings. The number of benzene rings is 10. The second kappa shape index (κ2) is 17.0. The molecule has 0 amide bonds. The Balaban J connectivity index is 1.09. The maximum atomic E-state index is 2.39. The van der Waals surface area contributed by atoms with E-state index in [1.807, 2.05) is 0 Å². The predicted octanol–water partition coefficient (Wildman–Crippen LogP) is 16.9. The standard InChI is InChI=1S/C60H44N4/c1-6-22-47(23-7-1)61(48-24-8-2-9-25-48)53-33-19-35-55(43-53)63(56-36-20-34-54(44-56)62(49-26-10-3-11-27-49)50-28-12-4-13-29-50)52-32-18-21-45(41-52)46-39-40-58-57-37-16-17-38-59(57)64(60(58)42-46)51-30-14-5-15-31-51/h1-44H. The molecule has 0 atom stereocenters. The zero-order chi connectivity index (χ0) is 42.7. The van der Waals surface area contributed by atoms with Gasteiger partial charge in [-0.2, -0.15) is 0 Å². The van der Waals surface area contributed by atoms with Gasteiger partial charge in [-0.25, -0.2) is 0 Å². The molecule has 0 saturated carbocycles. The number of fused-ring (bicyclic) bond motifs is 3. The van der Waals surface area contributed by atoms with Crippen molar-refractivity contribution in [2.75, 3.05) is 14.7 Å². The molecule has 4 nitrogen and oxygen atoms in total. The van der Waals surface area contributed by atoms with Crippen molar-refractivity contribution in [3.05, 3.63) is 267 Å². The van der Waals surface area contributed by atoms with E-state index in [0.717, 1.165) is 68.0 Å². The lowest BCUT2D eigenvalue weighted by molar-refractivity contribution is 1.18. The summed E-state index contributed by atoms with van der Waals surface area (Å²) in [7, 11) is 0. The minimum atomic E-state index is 1.04. The molecule has 0 N–H and O–H groups in total. The van der Waals surface area contributed by atoms with Gasteiger partial charge in [0.05, 0.1) is 11.0 Å². The summed E-state index contributed by atoms with van der Waals surface area (Å²) in [5.41, 5.74) is 15.4. The first-order chi connectivity index (χ1) is 31.8. The van der Waals surface area contributed by atoms with Crippen molar-refractivity contribution >= 4 is 73.0 Å². The first-order valence-electron chi connectivity index (χ1n) is 21.8. The third-order valence-corrected chi connectivity index (χ3v) is 11.9. The molecular formula is C60H44N4. The van der Waals surface area contributed by atoms with Gasteiger partial charge >= 0.3 is 0 Å². The molecule has 64 heavy (non-hydrogen) atoms. The average molecular weight is 821 g/mol. The first-order valence-corrected chi connectivity index (χ1v) is 21.8. The zero-order valence-corrected chi connectivity index (χ0v) is 35.2. The second-order valence-corrected chi connectivity index (χ2v) is 15.9. The quantitative estimate of drug-likeness (QED) is 0.129. The highest BCUT2D eigenvalue weighted by atomic mass is 15.2. The Labute approximate surface area is 374 Å². The van der Waals surface area contributed by atoms with Crippen LogP contribution in [0.2, 0.25) is 0 Å². The molecule has 1 heterocycles. The van der Waals surface area contributed by atoms with Crippen LogP contribution in [0.25, 0.3) is 38.6 Å². The number of hydrogen-bond acceptors (Lipinski definition) is 3. The van der Waals surface area contributed by atoms with E-state index in [4.69, 9.17) is 0 Å². The van der Waals surface area contributed by atoms with E-state index in [0.29, 0.717) is 0 Å². The van der Waals surface area contributed by atoms with Gasteiger partial charge in [0.25, 0.3) is 0 Å². The molecule has 0 fully saturated rings. The number of para-hydroxylation sites is 6. The molecule has 0 radical (unpaired) electrons. The Hall–Kier alpha value is -8.60. The highest BCUT2D eigenvalue weighted by Gasteiger charge is 2.21. The highest BCUT2D eigenvalue weighted by molar-refractivity contribution is 6.10. The Kier molecular flexibility index (Phi) is 10.2. The maximum absolute atomic E-state index is 2.39. The smallest absolute Gasteiger partial charge is 0.0547 e. The summed E-state index contributed by atoms with van der Waals surface area (Å²) in [4.78, 5) is 7.03. The van der Waals surface area contributed by atoms with E-state index >= 15 is 0 Å². The van der Waals surface area contributed by atoms with Gasteiger partial charge in [0.1, 0.15) is 0 Å². The number of hydrogen-bond donors (Lipinski definition) is 0. The Bertz CT molecular complexity index is 3120. The average Bonchev–Trinajstić information content (AvgIpc) is 3.70. The summed E-state index contributed by atoms with van der Waals surface area (Å²) in [6, 6.07) is 95.4. The topological polar surface area (TPSA) is 14.7 Å². The van der Waals surface area contributed by atoms with E-state index in [2.05, 4.69) is 286 Å². The monoisotopic (exact) mass is 820 g/mol. The summed E-state index contributed by atoms with van der Waals surface area (Å²) in [5, 5.41) is 2.48. The van der Waals surface area contributed by atoms with Gasteiger partial charge < -0.3 is 19.3 Å². The van der Waals surface area contributed by atoms with E-state index in [1.54, 1.807) is 0 Å². The largest absolute Gasteiger partial charge is 0.310 e.